The summed E-state index contributed by atoms with van der Waals surface area (Å²) < 4.78 is 0. The van der Waals surface area contributed by atoms with Gasteiger partial charge in [0, 0.05) is 5.57 Å². The summed E-state index contributed by atoms with van der Waals surface area (Å²) in [4.78, 5) is 21.7. The van der Waals surface area contributed by atoms with Crippen LogP contribution < -0.4 is 0 Å². The van der Waals surface area contributed by atoms with Crippen molar-refractivity contribution in [3.05, 3.63) is 11.8 Å². The van der Waals surface area contributed by atoms with E-state index in [9.17, 15) is 9.59 Å². The maximum atomic E-state index is 10.9. The smallest absolute Gasteiger partial charge is 0.259 e. The molecule has 0 fully saturated rings. The van der Waals surface area contributed by atoms with E-state index >= 15 is 0 Å². The lowest BCUT2D eigenvalue weighted by Crippen LogP contribution is -2.11. The van der Waals surface area contributed by atoms with E-state index < -0.39 is 10.9 Å². The summed E-state index contributed by atoms with van der Waals surface area (Å²) in [5.41, 5.74) is 0.0796. The Balaban J connectivity index is 4.15. The maximum absolute atomic E-state index is 10.9. The highest BCUT2D eigenvalue weighted by molar-refractivity contribution is 8.15. The molecule has 0 aromatic heterocycles. The van der Waals surface area contributed by atoms with Crippen LogP contribution in [0.4, 0.5) is 0 Å². The lowest BCUT2D eigenvalue weighted by atomic mass is 10.2. The van der Waals surface area contributed by atoms with Gasteiger partial charge in [-0.3, -0.25) is 9.59 Å². The molecule has 4 heteroatoms. The average Bonchev–Trinajstić information content (AvgIpc) is 2.02. The monoisotopic (exact) mass is 174 g/mol. The first-order valence-corrected chi connectivity index (χ1v) is 4.14. The Hall–Kier alpha value is -0.770. The Morgan fingerprint density at radius 2 is 2.09 bits per heavy atom. The second kappa shape index (κ2) is 4.96. The summed E-state index contributed by atoms with van der Waals surface area (Å²) in [6.45, 7) is 3.18. The third-order valence-corrected chi connectivity index (χ3v) is 1.75. The SMILES string of the molecule is CCSC(=O)C(=O)/C(C)=C/O. The zero-order chi connectivity index (χ0) is 8.85. The lowest BCUT2D eigenvalue weighted by molar-refractivity contribution is -0.129. The molecule has 0 aliphatic heterocycles. The van der Waals surface area contributed by atoms with Crippen molar-refractivity contribution in [2.24, 2.45) is 0 Å². The molecule has 0 atom stereocenters. The highest BCUT2D eigenvalue weighted by atomic mass is 32.2. The first kappa shape index (κ1) is 10.2. The van der Waals surface area contributed by atoms with Gasteiger partial charge in [0.15, 0.2) is 0 Å². The molecule has 0 rings (SSSR count). The Morgan fingerprint density at radius 1 is 1.55 bits per heavy atom. The Labute approximate surface area is 69.5 Å². The first-order valence-electron chi connectivity index (χ1n) is 3.16. The number of hydrogen-bond acceptors (Lipinski definition) is 4. The molecule has 0 aromatic rings. The summed E-state index contributed by atoms with van der Waals surface area (Å²) in [7, 11) is 0. The molecule has 0 unspecified atom stereocenters. The normalized spacial score (nSPS) is 11.3. The molecule has 0 saturated heterocycles. The van der Waals surface area contributed by atoms with Crippen molar-refractivity contribution < 1.29 is 14.7 Å². The van der Waals surface area contributed by atoms with Crippen LogP contribution in [0.1, 0.15) is 13.8 Å². The van der Waals surface area contributed by atoms with E-state index in [2.05, 4.69) is 0 Å². The molecule has 0 aliphatic carbocycles. The molecular weight excluding hydrogens is 164 g/mol. The minimum atomic E-state index is -0.626. The van der Waals surface area contributed by atoms with Crippen LogP contribution in [0.25, 0.3) is 0 Å². The van der Waals surface area contributed by atoms with Gasteiger partial charge in [0.2, 0.25) is 5.78 Å². The molecule has 0 bridgehead atoms. The van der Waals surface area contributed by atoms with E-state index in [0.29, 0.717) is 12.0 Å². The van der Waals surface area contributed by atoms with Gasteiger partial charge in [-0.2, -0.15) is 0 Å². The minimum Gasteiger partial charge on any atom is -0.515 e. The number of carbonyl (C=O) groups is 2. The zero-order valence-corrected chi connectivity index (χ0v) is 7.27. The number of rotatable bonds is 3. The van der Waals surface area contributed by atoms with Crippen LogP contribution in [0.3, 0.4) is 0 Å². The highest BCUT2D eigenvalue weighted by Gasteiger charge is 2.14. The van der Waals surface area contributed by atoms with E-state index in [4.69, 9.17) is 5.11 Å². The van der Waals surface area contributed by atoms with Crippen LogP contribution in [0.2, 0.25) is 0 Å². The summed E-state index contributed by atoms with van der Waals surface area (Å²) in [5, 5.41) is 7.86. The fraction of sp³-hybridized carbons (Fsp3) is 0.429. The van der Waals surface area contributed by atoms with Crippen molar-refractivity contribution in [1.82, 2.24) is 0 Å². The van der Waals surface area contributed by atoms with Gasteiger partial charge < -0.3 is 5.11 Å². The molecular formula is C7H10O3S. The van der Waals surface area contributed by atoms with E-state index in [1.54, 1.807) is 6.92 Å². The highest BCUT2D eigenvalue weighted by Crippen LogP contribution is 2.06. The van der Waals surface area contributed by atoms with Crippen LogP contribution in [-0.2, 0) is 9.59 Å². The van der Waals surface area contributed by atoms with Gasteiger partial charge in [-0.25, -0.2) is 0 Å². The molecule has 62 valence electrons. The van der Waals surface area contributed by atoms with Gasteiger partial charge in [-0.1, -0.05) is 18.7 Å². The fourth-order valence-electron chi connectivity index (χ4n) is 0.416. The Kier molecular flexibility index (Phi) is 4.61. The molecule has 0 radical (unpaired) electrons. The number of hydrogen-bond donors (Lipinski definition) is 1. The summed E-state index contributed by atoms with van der Waals surface area (Å²) >= 11 is 0.943. The number of aliphatic hydroxyl groups excluding tert-OH is 1. The van der Waals surface area contributed by atoms with E-state index in [-0.39, 0.29) is 5.57 Å². The van der Waals surface area contributed by atoms with Gasteiger partial charge in [0.25, 0.3) is 5.12 Å². The van der Waals surface area contributed by atoms with Gasteiger partial charge in [0.1, 0.15) is 0 Å². The van der Waals surface area contributed by atoms with Crippen molar-refractivity contribution in [3.8, 4) is 0 Å². The largest absolute Gasteiger partial charge is 0.515 e. The van der Waals surface area contributed by atoms with Gasteiger partial charge >= 0.3 is 0 Å². The molecule has 0 amide bonds. The van der Waals surface area contributed by atoms with Crippen LogP contribution >= 0.6 is 11.8 Å². The van der Waals surface area contributed by atoms with Crippen LogP contribution in [0.5, 0.6) is 0 Å². The number of thioether (sulfide) groups is 1. The second-order valence-electron chi connectivity index (χ2n) is 1.86. The van der Waals surface area contributed by atoms with Crippen molar-refractivity contribution >= 4 is 22.7 Å². The van der Waals surface area contributed by atoms with Crippen LogP contribution in [0, 0.1) is 0 Å². The van der Waals surface area contributed by atoms with Crippen LogP contribution in [-0.4, -0.2) is 21.8 Å². The van der Waals surface area contributed by atoms with Gasteiger partial charge in [0.05, 0.1) is 6.26 Å². The van der Waals surface area contributed by atoms with Crippen molar-refractivity contribution in [2.45, 2.75) is 13.8 Å². The third-order valence-electron chi connectivity index (χ3n) is 1.01. The van der Waals surface area contributed by atoms with E-state index in [1.807, 2.05) is 0 Å². The first-order chi connectivity index (χ1) is 5.13. The average molecular weight is 174 g/mol. The Morgan fingerprint density at radius 3 is 2.45 bits per heavy atom. The molecule has 0 heterocycles. The lowest BCUT2D eigenvalue weighted by Gasteiger charge is -1.94. The number of Topliss-reactive ketones (excluding diaryl/α,β-unsaturated/α-hetero) is 1. The molecule has 0 aliphatic rings. The molecule has 0 aromatic carbocycles. The predicted octanol–water partition coefficient (Wildman–Crippen LogP) is 1.30. The van der Waals surface area contributed by atoms with Gasteiger partial charge in [-0.05, 0) is 12.7 Å². The molecule has 0 spiro atoms. The molecule has 0 saturated carbocycles. The van der Waals surface area contributed by atoms with Gasteiger partial charge in [-0.15, -0.1) is 0 Å². The Bertz CT molecular complexity index is 196. The maximum Gasteiger partial charge on any atom is 0.259 e. The van der Waals surface area contributed by atoms with Crippen molar-refractivity contribution in [2.75, 3.05) is 5.75 Å². The van der Waals surface area contributed by atoms with Crippen molar-refractivity contribution in [1.29, 1.82) is 0 Å². The zero-order valence-electron chi connectivity index (χ0n) is 6.46. The fourth-order valence-corrected chi connectivity index (χ4v) is 0.971. The minimum absolute atomic E-state index is 0.0796. The summed E-state index contributed by atoms with van der Waals surface area (Å²) in [6.07, 6.45) is 0.649. The number of aliphatic hydroxyl groups is 1. The summed E-state index contributed by atoms with van der Waals surface area (Å²) in [5.74, 6) is -0.0529. The summed E-state index contributed by atoms with van der Waals surface area (Å²) in [6, 6.07) is 0. The number of ketones is 1. The third kappa shape index (κ3) is 3.23. The quantitative estimate of drug-likeness (QED) is 0.398. The molecule has 1 N–H and O–H groups in total. The predicted molar refractivity (Wildman–Crippen MR) is 44.5 cm³/mol. The number of allylic oxidation sites excluding steroid dienone is 1. The number of carbonyl (C=O) groups excluding carboxylic acids is 2. The standard InChI is InChI=1S/C7H10O3S/c1-3-11-7(10)6(9)5(2)4-8/h4,8H,3H2,1-2H3/b5-4+. The second-order valence-corrected chi connectivity index (χ2v) is 3.10. The molecule has 3 nitrogen and oxygen atoms in total. The van der Waals surface area contributed by atoms with Crippen LogP contribution in [0.15, 0.2) is 11.8 Å². The topological polar surface area (TPSA) is 54.4 Å². The van der Waals surface area contributed by atoms with Crippen molar-refractivity contribution in [3.63, 3.8) is 0 Å². The molecule has 11 heavy (non-hydrogen) atoms. The van der Waals surface area contributed by atoms with E-state index in [0.717, 1.165) is 11.8 Å². The van der Waals surface area contributed by atoms with E-state index in [1.165, 1.54) is 6.92 Å².